The number of para-hydroxylation sites is 1. The zero-order valence-electron chi connectivity index (χ0n) is 12.4. The van der Waals surface area contributed by atoms with Crippen molar-refractivity contribution in [2.75, 3.05) is 20.2 Å². The second-order valence-electron chi connectivity index (χ2n) is 5.20. The SMILES string of the molecule is CNCC(CCOc1ccccc1)Cc1ccc(F)cc1. The molecule has 2 rings (SSSR count). The van der Waals surface area contributed by atoms with E-state index in [1.807, 2.05) is 49.5 Å². The number of benzene rings is 2. The minimum Gasteiger partial charge on any atom is -0.494 e. The number of halogens is 1. The third-order valence-electron chi connectivity index (χ3n) is 3.47. The second kappa shape index (κ2) is 8.42. The standard InChI is InChI=1S/C18H22FNO/c1-20-14-16(13-15-7-9-17(19)10-8-15)11-12-21-18-5-3-2-4-6-18/h2-10,16,20H,11-14H2,1H3. The van der Waals surface area contributed by atoms with Gasteiger partial charge in [0.2, 0.25) is 0 Å². The molecular weight excluding hydrogens is 265 g/mol. The first-order valence-corrected chi connectivity index (χ1v) is 7.35. The van der Waals surface area contributed by atoms with Crippen LogP contribution in [-0.2, 0) is 6.42 Å². The number of nitrogens with one attached hydrogen (secondary N) is 1. The van der Waals surface area contributed by atoms with Crippen LogP contribution in [0.15, 0.2) is 54.6 Å². The number of ether oxygens (including phenoxy) is 1. The minimum atomic E-state index is -0.184. The van der Waals surface area contributed by atoms with Crippen LogP contribution in [0.3, 0.4) is 0 Å². The maximum atomic E-state index is 12.9. The average Bonchev–Trinajstić information content (AvgIpc) is 2.51. The fraction of sp³-hybridized carbons (Fsp3) is 0.333. The van der Waals surface area contributed by atoms with E-state index in [1.54, 1.807) is 0 Å². The third kappa shape index (κ3) is 5.56. The molecule has 0 aliphatic heterocycles. The van der Waals surface area contributed by atoms with E-state index >= 15 is 0 Å². The van der Waals surface area contributed by atoms with E-state index in [1.165, 1.54) is 12.1 Å². The lowest BCUT2D eigenvalue weighted by Crippen LogP contribution is -2.22. The molecule has 0 saturated carbocycles. The molecule has 0 amide bonds. The quantitative estimate of drug-likeness (QED) is 0.800. The Kier molecular flexibility index (Phi) is 6.22. The zero-order chi connectivity index (χ0) is 14.9. The van der Waals surface area contributed by atoms with Crippen molar-refractivity contribution in [3.63, 3.8) is 0 Å². The lowest BCUT2D eigenvalue weighted by molar-refractivity contribution is 0.275. The van der Waals surface area contributed by atoms with Crippen LogP contribution in [0.2, 0.25) is 0 Å². The Bertz CT molecular complexity index is 513. The van der Waals surface area contributed by atoms with E-state index in [9.17, 15) is 4.39 Å². The van der Waals surface area contributed by atoms with Crippen LogP contribution in [-0.4, -0.2) is 20.2 Å². The Balaban J connectivity index is 1.82. The molecule has 2 aromatic rings. The first-order chi connectivity index (χ1) is 10.3. The molecule has 1 atom stereocenters. The molecule has 1 N–H and O–H groups in total. The van der Waals surface area contributed by atoms with Gasteiger partial charge >= 0.3 is 0 Å². The molecule has 3 heteroatoms. The Labute approximate surface area is 126 Å². The van der Waals surface area contributed by atoms with Crippen LogP contribution in [0.5, 0.6) is 5.75 Å². The molecule has 0 heterocycles. The van der Waals surface area contributed by atoms with E-state index in [0.29, 0.717) is 12.5 Å². The number of hydrogen-bond acceptors (Lipinski definition) is 2. The van der Waals surface area contributed by atoms with Gasteiger partial charge in [-0.1, -0.05) is 30.3 Å². The van der Waals surface area contributed by atoms with E-state index in [4.69, 9.17) is 4.74 Å². The molecule has 0 aromatic heterocycles. The predicted molar refractivity (Wildman–Crippen MR) is 84.1 cm³/mol. The summed E-state index contributed by atoms with van der Waals surface area (Å²) >= 11 is 0. The number of rotatable bonds is 8. The smallest absolute Gasteiger partial charge is 0.123 e. The van der Waals surface area contributed by atoms with Gasteiger partial charge in [0, 0.05) is 0 Å². The molecule has 2 aromatic carbocycles. The van der Waals surface area contributed by atoms with Gasteiger partial charge in [0.25, 0.3) is 0 Å². The fourth-order valence-corrected chi connectivity index (χ4v) is 2.38. The molecule has 0 spiro atoms. The van der Waals surface area contributed by atoms with Gasteiger partial charge in [-0.15, -0.1) is 0 Å². The van der Waals surface area contributed by atoms with Crippen LogP contribution in [0.25, 0.3) is 0 Å². The summed E-state index contributed by atoms with van der Waals surface area (Å²) in [7, 11) is 1.95. The highest BCUT2D eigenvalue weighted by Crippen LogP contribution is 2.15. The van der Waals surface area contributed by atoms with Crippen molar-refractivity contribution >= 4 is 0 Å². The van der Waals surface area contributed by atoms with E-state index in [2.05, 4.69) is 5.32 Å². The van der Waals surface area contributed by atoms with Crippen molar-refractivity contribution in [2.24, 2.45) is 5.92 Å². The lowest BCUT2D eigenvalue weighted by Gasteiger charge is -2.17. The van der Waals surface area contributed by atoms with Crippen LogP contribution in [0.1, 0.15) is 12.0 Å². The summed E-state index contributed by atoms with van der Waals surface area (Å²) < 4.78 is 18.7. The molecule has 0 bridgehead atoms. The summed E-state index contributed by atoms with van der Waals surface area (Å²) in [6, 6.07) is 16.6. The van der Waals surface area contributed by atoms with Gasteiger partial charge in [0.1, 0.15) is 11.6 Å². The summed E-state index contributed by atoms with van der Waals surface area (Å²) in [5.74, 6) is 1.20. The van der Waals surface area contributed by atoms with Crippen LogP contribution >= 0.6 is 0 Å². The van der Waals surface area contributed by atoms with Crippen molar-refractivity contribution in [1.29, 1.82) is 0 Å². The molecule has 0 fully saturated rings. The Morgan fingerprint density at radius 2 is 1.76 bits per heavy atom. The van der Waals surface area contributed by atoms with Gasteiger partial charge in [-0.2, -0.15) is 0 Å². The maximum Gasteiger partial charge on any atom is 0.123 e. The molecule has 0 aliphatic rings. The molecule has 1 unspecified atom stereocenters. The summed E-state index contributed by atoms with van der Waals surface area (Å²) in [4.78, 5) is 0. The summed E-state index contributed by atoms with van der Waals surface area (Å²) in [6.07, 6.45) is 1.90. The normalized spacial score (nSPS) is 12.1. The predicted octanol–water partition coefficient (Wildman–Crippen LogP) is 3.67. The Morgan fingerprint density at radius 3 is 2.43 bits per heavy atom. The molecule has 0 saturated heterocycles. The highest BCUT2D eigenvalue weighted by molar-refractivity contribution is 5.21. The first kappa shape index (κ1) is 15.5. The second-order valence-corrected chi connectivity index (χ2v) is 5.20. The zero-order valence-corrected chi connectivity index (χ0v) is 12.4. The average molecular weight is 287 g/mol. The van der Waals surface area contributed by atoms with Crippen molar-refractivity contribution in [3.8, 4) is 5.75 Å². The van der Waals surface area contributed by atoms with Crippen molar-refractivity contribution in [2.45, 2.75) is 12.8 Å². The summed E-state index contributed by atoms with van der Waals surface area (Å²) in [5.41, 5.74) is 1.16. The van der Waals surface area contributed by atoms with Crippen LogP contribution in [0.4, 0.5) is 4.39 Å². The van der Waals surface area contributed by atoms with Gasteiger partial charge in [-0.05, 0) is 62.2 Å². The number of hydrogen-bond donors (Lipinski definition) is 1. The van der Waals surface area contributed by atoms with Crippen LogP contribution in [0, 0.1) is 11.7 Å². The summed E-state index contributed by atoms with van der Waals surface area (Å²) in [5, 5.41) is 3.22. The third-order valence-corrected chi connectivity index (χ3v) is 3.47. The van der Waals surface area contributed by atoms with E-state index < -0.39 is 0 Å². The molecule has 112 valence electrons. The van der Waals surface area contributed by atoms with Gasteiger partial charge in [0.05, 0.1) is 6.61 Å². The molecule has 0 radical (unpaired) electrons. The van der Waals surface area contributed by atoms with Crippen LogP contribution < -0.4 is 10.1 Å². The summed E-state index contributed by atoms with van der Waals surface area (Å²) in [6.45, 7) is 1.62. The van der Waals surface area contributed by atoms with Gasteiger partial charge in [0.15, 0.2) is 0 Å². The molecule has 0 aliphatic carbocycles. The van der Waals surface area contributed by atoms with Crippen molar-refractivity contribution in [1.82, 2.24) is 5.32 Å². The molecular formula is C18H22FNO. The molecule has 21 heavy (non-hydrogen) atoms. The van der Waals surface area contributed by atoms with Gasteiger partial charge in [-0.3, -0.25) is 0 Å². The highest BCUT2D eigenvalue weighted by atomic mass is 19.1. The Hall–Kier alpha value is -1.87. The lowest BCUT2D eigenvalue weighted by atomic mass is 9.96. The van der Waals surface area contributed by atoms with Crippen molar-refractivity contribution < 1.29 is 9.13 Å². The van der Waals surface area contributed by atoms with Crippen molar-refractivity contribution in [3.05, 3.63) is 66.0 Å². The highest BCUT2D eigenvalue weighted by Gasteiger charge is 2.09. The van der Waals surface area contributed by atoms with Gasteiger partial charge in [-0.25, -0.2) is 4.39 Å². The topological polar surface area (TPSA) is 21.3 Å². The van der Waals surface area contributed by atoms with E-state index in [0.717, 1.165) is 30.7 Å². The largest absolute Gasteiger partial charge is 0.494 e. The minimum absolute atomic E-state index is 0.184. The first-order valence-electron chi connectivity index (χ1n) is 7.35. The maximum absolute atomic E-state index is 12.9. The fourth-order valence-electron chi connectivity index (χ4n) is 2.38. The van der Waals surface area contributed by atoms with E-state index in [-0.39, 0.29) is 5.82 Å². The molecule has 2 nitrogen and oxygen atoms in total. The Morgan fingerprint density at radius 1 is 1.05 bits per heavy atom. The monoisotopic (exact) mass is 287 g/mol. The van der Waals surface area contributed by atoms with Gasteiger partial charge < -0.3 is 10.1 Å².